The normalized spacial score (nSPS) is 10.7. The van der Waals surface area contributed by atoms with E-state index in [9.17, 15) is 19.7 Å². The minimum absolute atomic E-state index is 0.00649. The number of aromatic nitrogens is 1. The van der Waals surface area contributed by atoms with E-state index < -0.39 is 10.9 Å². The van der Waals surface area contributed by atoms with Crippen molar-refractivity contribution in [3.05, 3.63) is 69.4 Å². The number of rotatable bonds is 5. The summed E-state index contributed by atoms with van der Waals surface area (Å²) in [5.41, 5.74) is 2.07. The molecular weight excluding hydrogens is 364 g/mol. The predicted octanol–water partition coefficient (Wildman–Crippen LogP) is 3.27. The zero-order chi connectivity index (χ0) is 20.4. The van der Waals surface area contributed by atoms with Crippen LogP contribution < -0.4 is 4.74 Å². The van der Waals surface area contributed by atoms with Gasteiger partial charge in [-0.15, -0.1) is 0 Å². The number of ether oxygens (including phenoxy) is 2. The minimum atomic E-state index is -0.523. The first kappa shape index (κ1) is 19.1. The fourth-order valence-electron chi connectivity index (χ4n) is 3.15. The molecule has 0 unspecified atom stereocenters. The third-order valence-corrected chi connectivity index (χ3v) is 4.62. The van der Waals surface area contributed by atoms with E-state index in [0.29, 0.717) is 33.5 Å². The van der Waals surface area contributed by atoms with Gasteiger partial charge in [0.1, 0.15) is 5.75 Å². The van der Waals surface area contributed by atoms with Crippen LogP contribution in [0.15, 0.2) is 42.5 Å². The number of fused-ring (bicyclic) bond motifs is 1. The van der Waals surface area contributed by atoms with Crippen LogP contribution in [0.25, 0.3) is 10.9 Å². The van der Waals surface area contributed by atoms with Crippen LogP contribution in [0.4, 0.5) is 5.69 Å². The van der Waals surface area contributed by atoms with Gasteiger partial charge >= 0.3 is 5.97 Å². The first-order valence-electron chi connectivity index (χ1n) is 8.41. The molecule has 144 valence electrons. The van der Waals surface area contributed by atoms with Crippen molar-refractivity contribution < 1.29 is 24.0 Å². The van der Waals surface area contributed by atoms with Crippen LogP contribution in [-0.4, -0.2) is 35.6 Å². The molecule has 0 saturated carbocycles. The Labute approximate surface area is 160 Å². The molecule has 0 aliphatic carbocycles. The molecule has 3 aromatic rings. The van der Waals surface area contributed by atoms with Crippen LogP contribution >= 0.6 is 0 Å². The third kappa shape index (κ3) is 3.32. The Hall–Kier alpha value is -3.68. The number of nitrogens with zero attached hydrogens (tertiary/aromatic N) is 2. The van der Waals surface area contributed by atoms with Crippen molar-refractivity contribution in [1.29, 1.82) is 0 Å². The smallest absolute Gasteiger partial charge is 0.310 e. The molecule has 28 heavy (non-hydrogen) atoms. The molecule has 0 saturated heterocycles. The van der Waals surface area contributed by atoms with Gasteiger partial charge in [0, 0.05) is 28.8 Å². The van der Waals surface area contributed by atoms with E-state index in [2.05, 4.69) is 0 Å². The molecule has 0 radical (unpaired) electrons. The maximum absolute atomic E-state index is 13.1. The fourth-order valence-corrected chi connectivity index (χ4v) is 3.15. The summed E-state index contributed by atoms with van der Waals surface area (Å²) in [5.74, 6) is -0.176. The number of non-ortho nitro benzene ring substituents is 1. The molecule has 1 aromatic heterocycles. The second-order valence-corrected chi connectivity index (χ2v) is 6.14. The quantitative estimate of drug-likeness (QED) is 0.381. The highest BCUT2D eigenvalue weighted by molar-refractivity contribution is 6.05. The highest BCUT2D eigenvalue weighted by Gasteiger charge is 2.22. The molecule has 0 bridgehead atoms. The molecule has 0 aliphatic rings. The van der Waals surface area contributed by atoms with E-state index in [1.807, 2.05) is 0 Å². The number of nitro benzene ring substituents is 1. The van der Waals surface area contributed by atoms with E-state index in [1.165, 1.54) is 43.1 Å². The number of methoxy groups -OCH3 is 2. The van der Waals surface area contributed by atoms with Crippen molar-refractivity contribution in [2.75, 3.05) is 14.2 Å². The van der Waals surface area contributed by atoms with Crippen LogP contribution in [0.5, 0.6) is 5.75 Å². The summed E-state index contributed by atoms with van der Waals surface area (Å²) in [6.45, 7) is 1.74. The van der Waals surface area contributed by atoms with E-state index in [4.69, 9.17) is 9.47 Å². The van der Waals surface area contributed by atoms with E-state index in [-0.39, 0.29) is 18.0 Å². The summed E-state index contributed by atoms with van der Waals surface area (Å²) in [4.78, 5) is 35.3. The molecule has 2 aromatic carbocycles. The predicted molar refractivity (Wildman–Crippen MR) is 102 cm³/mol. The fraction of sp³-hybridized carbons (Fsp3) is 0.200. The topological polar surface area (TPSA) is 101 Å². The third-order valence-electron chi connectivity index (χ3n) is 4.62. The van der Waals surface area contributed by atoms with E-state index >= 15 is 0 Å². The number of carbonyl (C=O) groups is 2. The monoisotopic (exact) mass is 382 g/mol. The van der Waals surface area contributed by atoms with Gasteiger partial charge in [-0.1, -0.05) is 0 Å². The Morgan fingerprint density at radius 2 is 1.79 bits per heavy atom. The molecule has 3 rings (SSSR count). The largest absolute Gasteiger partial charge is 0.497 e. The lowest BCUT2D eigenvalue weighted by atomic mass is 10.1. The number of nitro groups is 1. The molecule has 0 amide bonds. The van der Waals surface area contributed by atoms with Crippen molar-refractivity contribution in [3.8, 4) is 5.75 Å². The summed E-state index contributed by atoms with van der Waals surface area (Å²) >= 11 is 0. The first-order valence-corrected chi connectivity index (χ1v) is 8.41. The summed E-state index contributed by atoms with van der Waals surface area (Å²) in [7, 11) is 2.84. The Bertz CT molecular complexity index is 1080. The maximum atomic E-state index is 13.1. The average molecular weight is 382 g/mol. The molecule has 1 heterocycles. The molecule has 0 atom stereocenters. The zero-order valence-electron chi connectivity index (χ0n) is 15.6. The Kier molecular flexibility index (Phi) is 5.12. The number of hydrogen-bond donors (Lipinski definition) is 0. The van der Waals surface area contributed by atoms with Crippen LogP contribution in [0, 0.1) is 17.0 Å². The summed E-state index contributed by atoms with van der Waals surface area (Å²) in [5, 5.41) is 11.5. The Morgan fingerprint density at radius 3 is 2.36 bits per heavy atom. The summed E-state index contributed by atoms with van der Waals surface area (Å²) in [6.07, 6.45) is 0.00649. The molecule has 0 N–H and O–H groups in total. The Morgan fingerprint density at radius 1 is 1.11 bits per heavy atom. The zero-order valence-corrected chi connectivity index (χ0v) is 15.6. The lowest BCUT2D eigenvalue weighted by molar-refractivity contribution is -0.384. The van der Waals surface area contributed by atoms with Gasteiger partial charge in [0.25, 0.3) is 11.6 Å². The molecule has 0 fully saturated rings. The Balaban J connectivity index is 2.16. The van der Waals surface area contributed by atoms with Gasteiger partial charge in [-0.3, -0.25) is 24.3 Å². The minimum Gasteiger partial charge on any atom is -0.497 e. The summed E-state index contributed by atoms with van der Waals surface area (Å²) in [6, 6.07) is 10.6. The molecule has 8 heteroatoms. The molecule has 0 spiro atoms. The van der Waals surface area contributed by atoms with Gasteiger partial charge in [0.05, 0.1) is 31.1 Å². The lowest BCUT2D eigenvalue weighted by Crippen LogP contribution is -2.14. The van der Waals surface area contributed by atoms with E-state index in [1.54, 1.807) is 25.1 Å². The second kappa shape index (κ2) is 7.51. The lowest BCUT2D eigenvalue weighted by Gasteiger charge is -2.08. The van der Waals surface area contributed by atoms with Crippen molar-refractivity contribution >= 4 is 28.5 Å². The molecule has 8 nitrogen and oxygen atoms in total. The van der Waals surface area contributed by atoms with Gasteiger partial charge in [0.15, 0.2) is 0 Å². The van der Waals surface area contributed by atoms with Crippen LogP contribution in [-0.2, 0) is 16.0 Å². The van der Waals surface area contributed by atoms with Crippen molar-refractivity contribution in [3.63, 3.8) is 0 Å². The van der Waals surface area contributed by atoms with Gasteiger partial charge < -0.3 is 9.47 Å². The average Bonchev–Trinajstić information content (AvgIpc) is 2.98. The number of hydrogen-bond acceptors (Lipinski definition) is 6. The van der Waals surface area contributed by atoms with Gasteiger partial charge in [-0.2, -0.15) is 0 Å². The standard InChI is InChI=1S/C20H18N2O6/c1-12-16(11-19(23)28-3)17-10-15(27-2)8-9-18(17)21(12)20(24)13-4-6-14(7-5-13)22(25)26/h4-10H,11H2,1-3H3. The van der Waals surface area contributed by atoms with Gasteiger partial charge in [-0.05, 0) is 42.8 Å². The SMILES string of the molecule is COC(=O)Cc1c(C)n(C(=O)c2ccc([N+](=O)[O-])cc2)c2ccc(OC)cc12. The number of carbonyl (C=O) groups excluding carboxylic acids is 2. The highest BCUT2D eigenvalue weighted by Crippen LogP contribution is 2.31. The summed E-state index contributed by atoms with van der Waals surface area (Å²) < 4.78 is 11.5. The van der Waals surface area contributed by atoms with Crippen molar-refractivity contribution in [2.45, 2.75) is 13.3 Å². The van der Waals surface area contributed by atoms with Gasteiger partial charge in [0.2, 0.25) is 0 Å². The van der Waals surface area contributed by atoms with Crippen molar-refractivity contribution in [2.24, 2.45) is 0 Å². The van der Waals surface area contributed by atoms with Crippen LogP contribution in [0.1, 0.15) is 21.6 Å². The highest BCUT2D eigenvalue weighted by atomic mass is 16.6. The van der Waals surface area contributed by atoms with Crippen molar-refractivity contribution in [1.82, 2.24) is 4.57 Å². The number of benzene rings is 2. The van der Waals surface area contributed by atoms with Crippen LogP contribution in [0.2, 0.25) is 0 Å². The van der Waals surface area contributed by atoms with E-state index in [0.717, 1.165) is 0 Å². The molecular formula is C20H18N2O6. The molecule has 0 aliphatic heterocycles. The van der Waals surface area contributed by atoms with Gasteiger partial charge in [-0.25, -0.2) is 0 Å². The maximum Gasteiger partial charge on any atom is 0.310 e. The first-order chi connectivity index (χ1) is 13.4. The van der Waals surface area contributed by atoms with Crippen LogP contribution in [0.3, 0.4) is 0 Å². The number of esters is 1. The second-order valence-electron chi connectivity index (χ2n) is 6.14.